The molecule has 0 spiro atoms. The summed E-state index contributed by atoms with van der Waals surface area (Å²) in [4.78, 5) is 0. The van der Waals surface area contributed by atoms with Gasteiger partial charge >= 0.3 is 0 Å². The molecule has 57 heavy (non-hydrogen) atoms. The van der Waals surface area contributed by atoms with Crippen LogP contribution in [0.5, 0.6) is 0 Å². The first kappa shape index (κ1) is 31.4. The van der Waals surface area contributed by atoms with Crippen LogP contribution in [0.2, 0.25) is 0 Å². The van der Waals surface area contributed by atoms with Crippen LogP contribution < -0.4 is 0 Å². The number of para-hydroxylation sites is 1. The Morgan fingerprint density at radius 3 is 1.49 bits per heavy atom. The van der Waals surface area contributed by atoms with E-state index in [-0.39, 0.29) is 0 Å². The summed E-state index contributed by atoms with van der Waals surface area (Å²) in [5.41, 5.74) is 9.26. The van der Waals surface area contributed by atoms with Crippen LogP contribution in [0, 0.1) is 0 Å². The van der Waals surface area contributed by atoms with Gasteiger partial charge in [-0.05, 0) is 90.6 Å². The number of benzene rings is 10. The third-order valence-corrected chi connectivity index (χ3v) is 14.7. The molecule has 264 valence electrons. The van der Waals surface area contributed by atoms with E-state index in [9.17, 15) is 0 Å². The molecule has 0 unspecified atom stereocenters. The molecule has 3 heterocycles. The van der Waals surface area contributed by atoms with Crippen LogP contribution in [-0.4, -0.2) is 0 Å². The molecule has 3 aromatic heterocycles. The predicted molar refractivity (Wildman–Crippen MR) is 248 cm³/mol. The van der Waals surface area contributed by atoms with Crippen LogP contribution in [0.4, 0.5) is 0 Å². The van der Waals surface area contributed by atoms with Crippen molar-refractivity contribution in [3.8, 4) is 33.4 Å². The topological polar surface area (TPSA) is 13.1 Å². The highest BCUT2D eigenvalue weighted by atomic mass is 32.1. The first-order valence-electron chi connectivity index (χ1n) is 19.4. The average Bonchev–Trinajstić information content (AvgIpc) is 3.97. The second kappa shape index (κ2) is 11.9. The van der Waals surface area contributed by atoms with E-state index in [0.29, 0.717) is 0 Å². The molecular formula is C54H30OS2. The van der Waals surface area contributed by atoms with Crippen LogP contribution in [0.15, 0.2) is 186 Å². The first-order valence-corrected chi connectivity index (χ1v) is 21.0. The molecule has 1 nitrogen and oxygen atoms in total. The van der Waals surface area contributed by atoms with Crippen molar-refractivity contribution in [2.45, 2.75) is 0 Å². The average molecular weight is 759 g/mol. The summed E-state index contributed by atoms with van der Waals surface area (Å²) in [6.07, 6.45) is 0. The van der Waals surface area contributed by atoms with Crippen molar-refractivity contribution < 1.29 is 4.42 Å². The third kappa shape index (κ3) is 4.50. The van der Waals surface area contributed by atoms with E-state index in [0.717, 1.165) is 21.9 Å². The molecule has 10 aromatic carbocycles. The van der Waals surface area contributed by atoms with Crippen molar-refractivity contribution in [1.82, 2.24) is 0 Å². The highest BCUT2D eigenvalue weighted by molar-refractivity contribution is 7.34. The molecule has 13 aromatic rings. The lowest BCUT2D eigenvalue weighted by atomic mass is 9.85. The lowest BCUT2D eigenvalue weighted by molar-refractivity contribution is 0.669. The van der Waals surface area contributed by atoms with Gasteiger partial charge in [0.25, 0.3) is 0 Å². The van der Waals surface area contributed by atoms with Gasteiger partial charge in [0.2, 0.25) is 0 Å². The van der Waals surface area contributed by atoms with Gasteiger partial charge in [0.15, 0.2) is 0 Å². The van der Waals surface area contributed by atoms with Crippen molar-refractivity contribution in [3.63, 3.8) is 0 Å². The van der Waals surface area contributed by atoms with Gasteiger partial charge in [0.05, 0.1) is 9.40 Å². The minimum Gasteiger partial charge on any atom is -0.456 e. The number of rotatable bonds is 3. The largest absolute Gasteiger partial charge is 0.456 e. The van der Waals surface area contributed by atoms with E-state index in [2.05, 4.69) is 170 Å². The molecule has 0 aliphatic heterocycles. The number of hydrogen-bond acceptors (Lipinski definition) is 3. The van der Waals surface area contributed by atoms with Crippen LogP contribution in [0.3, 0.4) is 0 Å². The molecule has 3 heteroatoms. The Morgan fingerprint density at radius 2 is 0.772 bits per heavy atom. The minimum atomic E-state index is 0.915. The Labute approximate surface area is 335 Å². The maximum atomic E-state index is 6.22. The fourth-order valence-electron chi connectivity index (χ4n) is 9.53. The minimum absolute atomic E-state index is 0.915. The summed E-state index contributed by atoms with van der Waals surface area (Å²) in [7, 11) is 0. The fraction of sp³-hybridized carbons (Fsp3) is 0. The molecule has 13 rings (SSSR count). The molecule has 0 fully saturated rings. The molecule has 0 saturated carbocycles. The van der Waals surface area contributed by atoms with E-state index in [4.69, 9.17) is 4.42 Å². The second-order valence-corrected chi connectivity index (χ2v) is 17.2. The summed E-state index contributed by atoms with van der Waals surface area (Å²) in [5.74, 6) is 0. The van der Waals surface area contributed by atoms with Gasteiger partial charge in [-0.1, -0.05) is 152 Å². The van der Waals surface area contributed by atoms with E-state index in [1.807, 2.05) is 34.8 Å². The van der Waals surface area contributed by atoms with Gasteiger partial charge in [-0.25, -0.2) is 0 Å². The van der Waals surface area contributed by atoms with Gasteiger partial charge in [-0.15, -0.1) is 22.7 Å². The maximum Gasteiger partial charge on any atom is 0.135 e. The molecular weight excluding hydrogens is 729 g/mol. The van der Waals surface area contributed by atoms with Crippen LogP contribution in [0.1, 0.15) is 0 Å². The highest BCUT2D eigenvalue weighted by Gasteiger charge is 2.20. The molecule has 0 aliphatic rings. The Balaban J connectivity index is 0.997. The standard InChI is InChI=1S/C54H30OS2/c1-6-18-41-34(11-1)44(30-46-43-27-26-42-36-13-8-10-20-49(36)56-53(42)54(43)57-52(41)46)31-21-23-32(24-22-31)50-37-14-2-4-16-39(37)51(40-17-5-3-15-38(40)50)33-25-28-48-45(29-33)35-12-7-9-19-47(35)55-48/h1-30H. The monoisotopic (exact) mass is 758 g/mol. The van der Waals surface area contributed by atoms with Crippen molar-refractivity contribution >= 4 is 117 Å². The molecule has 0 amide bonds. The highest BCUT2D eigenvalue weighted by Crippen LogP contribution is 2.49. The van der Waals surface area contributed by atoms with Gasteiger partial charge in [-0.2, -0.15) is 0 Å². The molecule has 0 atom stereocenters. The quantitative estimate of drug-likeness (QED) is 0.164. The summed E-state index contributed by atoms with van der Waals surface area (Å²) >= 11 is 3.87. The fourth-order valence-corrected chi connectivity index (χ4v) is 12.2. The van der Waals surface area contributed by atoms with E-state index < -0.39 is 0 Å². The molecule has 0 aliphatic carbocycles. The molecule has 0 saturated heterocycles. The predicted octanol–water partition coefficient (Wildman–Crippen LogP) is 16.8. The third-order valence-electron chi connectivity index (χ3n) is 12.1. The normalized spacial score (nSPS) is 12.2. The zero-order valence-corrected chi connectivity index (χ0v) is 32.2. The van der Waals surface area contributed by atoms with Crippen molar-refractivity contribution in [2.75, 3.05) is 0 Å². The second-order valence-electron chi connectivity index (χ2n) is 15.1. The Morgan fingerprint density at radius 1 is 0.281 bits per heavy atom. The first-order chi connectivity index (χ1) is 28.3. The summed E-state index contributed by atoms with van der Waals surface area (Å²) in [5, 5.41) is 15.3. The molecule has 0 bridgehead atoms. The maximum absolute atomic E-state index is 6.22. The van der Waals surface area contributed by atoms with Crippen molar-refractivity contribution in [1.29, 1.82) is 0 Å². The van der Waals surface area contributed by atoms with Crippen LogP contribution in [-0.2, 0) is 0 Å². The Hall–Kier alpha value is -6.78. The van der Waals surface area contributed by atoms with Gasteiger partial charge in [-0.3, -0.25) is 0 Å². The lowest BCUT2D eigenvalue weighted by Crippen LogP contribution is -1.91. The number of thiophene rings is 2. The lowest BCUT2D eigenvalue weighted by Gasteiger charge is -2.18. The van der Waals surface area contributed by atoms with Crippen molar-refractivity contribution in [3.05, 3.63) is 182 Å². The SMILES string of the molecule is c1ccc2c(c1)oc1ccc(-c3c4ccccc4c(-c4ccc(-c5cc6c7ccc8c9ccccc9sc8c7sc6c6ccccc56)cc4)c4ccccc34)cc12. The Bertz CT molecular complexity index is 3750. The summed E-state index contributed by atoms with van der Waals surface area (Å²) < 4.78 is 11.7. The van der Waals surface area contributed by atoms with Gasteiger partial charge < -0.3 is 4.42 Å². The number of fused-ring (bicyclic) bond motifs is 14. The van der Waals surface area contributed by atoms with Gasteiger partial charge in [0, 0.05) is 47.1 Å². The van der Waals surface area contributed by atoms with Gasteiger partial charge in [0.1, 0.15) is 11.2 Å². The molecule has 0 N–H and O–H groups in total. The number of furan rings is 1. The van der Waals surface area contributed by atoms with E-state index in [1.54, 1.807) is 0 Å². The molecule has 0 radical (unpaired) electrons. The summed E-state index contributed by atoms with van der Waals surface area (Å²) in [6, 6.07) is 67.0. The number of hydrogen-bond donors (Lipinski definition) is 0. The van der Waals surface area contributed by atoms with Crippen LogP contribution >= 0.6 is 22.7 Å². The zero-order chi connectivity index (χ0) is 37.2. The Kier molecular flexibility index (Phi) is 6.54. The van der Waals surface area contributed by atoms with E-state index in [1.165, 1.54) is 106 Å². The van der Waals surface area contributed by atoms with Crippen molar-refractivity contribution in [2.24, 2.45) is 0 Å². The van der Waals surface area contributed by atoms with E-state index >= 15 is 0 Å². The zero-order valence-electron chi connectivity index (χ0n) is 30.5. The van der Waals surface area contributed by atoms with Crippen LogP contribution in [0.25, 0.3) is 128 Å². The summed E-state index contributed by atoms with van der Waals surface area (Å²) in [6.45, 7) is 0. The smallest absolute Gasteiger partial charge is 0.135 e.